The molecule has 1 N–H and O–H groups in total. The number of Topliss-reactive ketones (excluding diaryl/α,β-unsaturated/α-hetero) is 1. The molecule has 7 nitrogen and oxygen atoms in total. The number of nitrogens with zero attached hydrogens (tertiary/aromatic N) is 3. The Morgan fingerprint density at radius 2 is 1.72 bits per heavy atom. The molecule has 2 aromatic carbocycles. The van der Waals surface area contributed by atoms with Crippen molar-refractivity contribution >= 4 is 34.9 Å². The number of carbonyl (C=O) groups excluding carboxylic acids is 3. The summed E-state index contributed by atoms with van der Waals surface area (Å²) in [4.78, 5) is 51.3. The lowest BCUT2D eigenvalue weighted by atomic mass is 9.91. The highest BCUT2D eigenvalue weighted by atomic mass is 35.5. The molecule has 0 radical (unpaired) electrons. The summed E-state index contributed by atoms with van der Waals surface area (Å²) in [6.45, 7) is 0. The maximum atomic E-state index is 14.6. The van der Waals surface area contributed by atoms with Gasteiger partial charge in [-0.1, -0.05) is 55.1 Å². The van der Waals surface area contributed by atoms with E-state index in [1.807, 2.05) is 0 Å². The molecule has 2 fully saturated rings. The molecule has 3 atom stereocenters. The predicted octanol–water partition coefficient (Wildman–Crippen LogP) is 5.56. The molecule has 0 bridgehead atoms. The minimum absolute atomic E-state index is 0.0285. The average molecular weight is 549 g/mol. The average Bonchev–Trinajstić information content (AvgIpc) is 3.34. The van der Waals surface area contributed by atoms with E-state index in [1.165, 1.54) is 35.5 Å². The first-order chi connectivity index (χ1) is 18.9. The van der Waals surface area contributed by atoms with E-state index in [0.717, 1.165) is 32.1 Å². The van der Waals surface area contributed by atoms with Crippen molar-refractivity contribution in [2.75, 3.05) is 4.90 Å². The van der Waals surface area contributed by atoms with E-state index in [0.29, 0.717) is 10.6 Å². The highest BCUT2D eigenvalue weighted by Crippen LogP contribution is 2.41. The summed E-state index contributed by atoms with van der Waals surface area (Å²) in [5, 5.41) is 3.44. The van der Waals surface area contributed by atoms with Crippen LogP contribution >= 0.6 is 11.6 Å². The highest BCUT2D eigenvalue weighted by molar-refractivity contribution is 6.31. The van der Waals surface area contributed by atoms with Gasteiger partial charge in [0.15, 0.2) is 0 Å². The van der Waals surface area contributed by atoms with E-state index >= 15 is 0 Å². The van der Waals surface area contributed by atoms with Crippen LogP contribution in [0.2, 0.25) is 5.02 Å². The second-order valence-electron chi connectivity index (χ2n) is 10.2. The summed E-state index contributed by atoms with van der Waals surface area (Å²) in [5.74, 6) is -2.99. The van der Waals surface area contributed by atoms with Crippen molar-refractivity contribution < 1.29 is 18.8 Å². The van der Waals surface area contributed by atoms with Crippen molar-refractivity contribution in [3.8, 4) is 0 Å². The molecule has 0 aliphatic heterocycles. The minimum atomic E-state index is -1.18. The number of aromatic nitrogens is 2. The van der Waals surface area contributed by atoms with Crippen LogP contribution < -0.4 is 10.2 Å². The van der Waals surface area contributed by atoms with Crippen molar-refractivity contribution in [2.45, 2.75) is 62.9 Å². The third kappa shape index (κ3) is 5.86. The molecular formula is C30H30ClFN4O3. The van der Waals surface area contributed by atoms with Crippen molar-refractivity contribution in [1.82, 2.24) is 15.3 Å². The van der Waals surface area contributed by atoms with E-state index in [-0.39, 0.29) is 36.2 Å². The Balaban J connectivity index is 1.61. The molecule has 1 heterocycles. The van der Waals surface area contributed by atoms with Gasteiger partial charge >= 0.3 is 0 Å². The zero-order chi connectivity index (χ0) is 27.4. The Kier molecular flexibility index (Phi) is 8.31. The van der Waals surface area contributed by atoms with Gasteiger partial charge in [0.2, 0.25) is 11.8 Å². The topological polar surface area (TPSA) is 92.3 Å². The Hall–Kier alpha value is -3.65. The zero-order valence-electron chi connectivity index (χ0n) is 21.4. The van der Waals surface area contributed by atoms with Gasteiger partial charge in [0, 0.05) is 41.1 Å². The molecule has 2 amide bonds. The van der Waals surface area contributed by atoms with E-state index in [4.69, 9.17) is 11.6 Å². The summed E-state index contributed by atoms with van der Waals surface area (Å²) in [5.41, 5.74) is 0.623. The fourth-order valence-corrected chi connectivity index (χ4v) is 5.97. The van der Waals surface area contributed by atoms with Crippen molar-refractivity contribution in [3.05, 3.63) is 89.2 Å². The van der Waals surface area contributed by atoms with Crippen LogP contribution in [0.3, 0.4) is 0 Å². The van der Waals surface area contributed by atoms with Gasteiger partial charge in [-0.3, -0.25) is 19.3 Å². The van der Waals surface area contributed by atoms with E-state index < -0.39 is 35.5 Å². The second-order valence-corrected chi connectivity index (χ2v) is 10.6. The third-order valence-corrected chi connectivity index (χ3v) is 7.96. The zero-order valence-corrected chi connectivity index (χ0v) is 22.2. The van der Waals surface area contributed by atoms with Crippen molar-refractivity contribution in [1.29, 1.82) is 0 Å². The maximum absolute atomic E-state index is 14.6. The van der Waals surface area contributed by atoms with Crippen LogP contribution in [-0.4, -0.2) is 33.6 Å². The maximum Gasteiger partial charge on any atom is 0.248 e. The molecular weight excluding hydrogens is 519 g/mol. The molecule has 39 heavy (non-hydrogen) atoms. The van der Waals surface area contributed by atoms with Gasteiger partial charge in [0.1, 0.15) is 23.5 Å². The molecule has 0 saturated heterocycles. The Morgan fingerprint density at radius 3 is 2.44 bits per heavy atom. The van der Waals surface area contributed by atoms with E-state index in [2.05, 4.69) is 15.3 Å². The smallest absolute Gasteiger partial charge is 0.248 e. The van der Waals surface area contributed by atoms with E-state index in [9.17, 15) is 18.8 Å². The number of anilines is 1. The highest BCUT2D eigenvalue weighted by Gasteiger charge is 2.46. The lowest BCUT2D eigenvalue weighted by Gasteiger charge is -2.36. The monoisotopic (exact) mass is 548 g/mol. The van der Waals surface area contributed by atoms with Gasteiger partial charge in [-0.15, -0.1) is 0 Å². The SMILES string of the molecule is O=C1CC[C@@H](C(=O)N(c2cccc(F)c2)[C@H](C(=O)NC2CCCCC2)c2ccccc2Cl)C1c1ncccn1. The minimum Gasteiger partial charge on any atom is -0.351 e. The summed E-state index contributed by atoms with van der Waals surface area (Å²) in [7, 11) is 0. The first-order valence-electron chi connectivity index (χ1n) is 13.4. The number of amides is 2. The Morgan fingerprint density at radius 1 is 0.974 bits per heavy atom. The second kappa shape index (κ2) is 12.0. The van der Waals surface area contributed by atoms with Gasteiger partial charge < -0.3 is 5.32 Å². The summed E-state index contributed by atoms with van der Waals surface area (Å²) < 4.78 is 14.6. The molecule has 0 spiro atoms. The first-order valence-corrected chi connectivity index (χ1v) is 13.7. The normalized spacial score (nSPS) is 20.4. The Labute approximate surface area is 231 Å². The molecule has 9 heteroatoms. The number of nitrogens with one attached hydrogen (secondary N) is 1. The summed E-state index contributed by atoms with van der Waals surface area (Å²) in [6, 6.07) is 12.9. The number of rotatable bonds is 7. The van der Waals surface area contributed by atoms with Gasteiger partial charge in [0.25, 0.3) is 0 Å². The van der Waals surface area contributed by atoms with Gasteiger partial charge in [-0.25, -0.2) is 14.4 Å². The van der Waals surface area contributed by atoms with Crippen LogP contribution in [0.5, 0.6) is 0 Å². The van der Waals surface area contributed by atoms with Crippen LogP contribution in [0.25, 0.3) is 0 Å². The first kappa shape index (κ1) is 26.9. The van der Waals surface area contributed by atoms with Crippen LogP contribution in [0.15, 0.2) is 67.0 Å². The quantitative estimate of drug-likeness (QED) is 0.417. The Bertz CT molecular complexity index is 1350. The third-order valence-electron chi connectivity index (χ3n) is 7.61. The number of benzene rings is 2. The van der Waals surface area contributed by atoms with Crippen LogP contribution in [-0.2, 0) is 14.4 Å². The molecule has 202 valence electrons. The predicted molar refractivity (Wildman–Crippen MR) is 146 cm³/mol. The van der Waals surface area contributed by atoms with Gasteiger partial charge in [-0.2, -0.15) is 0 Å². The fraction of sp³-hybridized carbons (Fsp3) is 0.367. The van der Waals surface area contributed by atoms with Crippen LogP contribution in [0, 0.1) is 11.7 Å². The number of hydrogen-bond acceptors (Lipinski definition) is 5. The van der Waals surface area contributed by atoms with Crippen LogP contribution in [0.1, 0.15) is 68.3 Å². The van der Waals surface area contributed by atoms with Crippen molar-refractivity contribution in [2.24, 2.45) is 5.92 Å². The summed E-state index contributed by atoms with van der Waals surface area (Å²) >= 11 is 6.61. The number of hydrogen-bond donors (Lipinski definition) is 1. The van der Waals surface area contributed by atoms with Crippen molar-refractivity contribution in [3.63, 3.8) is 0 Å². The molecule has 2 aliphatic carbocycles. The fourth-order valence-electron chi connectivity index (χ4n) is 5.74. The number of ketones is 1. The number of carbonyl (C=O) groups is 3. The lowest BCUT2D eigenvalue weighted by Crippen LogP contribution is -2.49. The van der Waals surface area contributed by atoms with Crippen LogP contribution in [0.4, 0.5) is 10.1 Å². The molecule has 2 saturated carbocycles. The molecule has 1 aromatic heterocycles. The largest absolute Gasteiger partial charge is 0.351 e. The van der Waals surface area contributed by atoms with E-state index in [1.54, 1.807) is 36.4 Å². The molecule has 2 aliphatic rings. The van der Waals surface area contributed by atoms with Gasteiger partial charge in [0.05, 0.1) is 11.8 Å². The van der Waals surface area contributed by atoms with Gasteiger partial charge in [-0.05, 0) is 49.6 Å². The lowest BCUT2D eigenvalue weighted by molar-refractivity contribution is -0.129. The number of halogens is 2. The summed E-state index contributed by atoms with van der Waals surface area (Å²) in [6.07, 6.45) is 8.35. The molecule has 5 rings (SSSR count). The molecule has 1 unspecified atom stereocenters. The molecule has 3 aromatic rings. The standard InChI is InChI=1S/C30H30ClFN4O3/c31-24-13-5-4-12-22(24)27(29(38)35-20-9-2-1-3-10-20)36(21-11-6-8-19(32)18-21)30(39)23-14-15-25(37)26(23)28-33-16-7-17-34-28/h4-8,11-13,16-18,20,23,26-27H,1-3,9-10,14-15H2,(H,35,38)/t23-,26?,27+/m1/s1.